The lowest BCUT2D eigenvalue weighted by atomic mass is 10.3. The van der Waals surface area contributed by atoms with Crippen LogP contribution in [-0.4, -0.2) is 77.8 Å². The number of alkyl halides is 7. The van der Waals surface area contributed by atoms with E-state index >= 15 is 0 Å². The number of nitro groups is 1. The van der Waals surface area contributed by atoms with Crippen molar-refractivity contribution in [2.45, 2.75) is 22.2 Å². The molecular weight excluding hydrogens is 463 g/mol. The van der Waals surface area contributed by atoms with Gasteiger partial charge < -0.3 is 14.5 Å². The summed E-state index contributed by atoms with van der Waals surface area (Å²) in [4.78, 5) is 24.7. The standard InChI is InChI=1S/C16H16F7N3O4S/c1-24-4-6-25(7-5-24)13(27)9-30-12-3-2-10(8-11(12)26(28)29)31-16(22,23)14(17,18)15(19,20)21/h2-3,8H,4-7,9H2,1H3. The summed E-state index contributed by atoms with van der Waals surface area (Å²) in [5.41, 5.74) is -0.970. The Morgan fingerprint density at radius 3 is 2.23 bits per heavy atom. The summed E-state index contributed by atoms with van der Waals surface area (Å²) in [6, 6.07) is 1.79. The summed E-state index contributed by atoms with van der Waals surface area (Å²) in [5, 5.41) is 5.55. The van der Waals surface area contributed by atoms with Gasteiger partial charge in [0.1, 0.15) is 0 Å². The number of hydrogen-bond acceptors (Lipinski definition) is 6. The zero-order valence-corrected chi connectivity index (χ0v) is 16.6. The molecule has 1 saturated heterocycles. The Balaban J connectivity index is 2.14. The maximum Gasteiger partial charge on any atom is 0.460 e. The molecule has 174 valence electrons. The van der Waals surface area contributed by atoms with E-state index in [9.17, 15) is 45.6 Å². The number of thioether (sulfide) groups is 1. The van der Waals surface area contributed by atoms with E-state index < -0.39 is 62.9 Å². The number of nitrogens with zero attached hydrogens (tertiary/aromatic N) is 3. The summed E-state index contributed by atoms with van der Waals surface area (Å²) < 4.78 is 95.0. The molecule has 15 heteroatoms. The summed E-state index contributed by atoms with van der Waals surface area (Å²) in [5.74, 6) is -7.39. The molecule has 1 aromatic rings. The van der Waals surface area contributed by atoms with Crippen molar-refractivity contribution in [3.8, 4) is 5.75 Å². The van der Waals surface area contributed by atoms with E-state index in [1.807, 2.05) is 11.9 Å². The summed E-state index contributed by atoms with van der Waals surface area (Å²) in [7, 11) is 1.86. The predicted molar refractivity (Wildman–Crippen MR) is 94.5 cm³/mol. The molecule has 0 unspecified atom stereocenters. The number of piperazine rings is 1. The fourth-order valence-corrected chi connectivity index (χ4v) is 3.34. The summed E-state index contributed by atoms with van der Waals surface area (Å²) >= 11 is -1.18. The number of rotatable bonds is 7. The number of likely N-dealkylation sites (N-methyl/N-ethyl adjacent to an activating group) is 1. The minimum atomic E-state index is -6.53. The Kier molecular flexibility index (Phi) is 7.30. The maximum absolute atomic E-state index is 13.5. The molecule has 7 nitrogen and oxygen atoms in total. The first kappa shape index (κ1) is 25.0. The highest BCUT2D eigenvalue weighted by molar-refractivity contribution is 8.00. The summed E-state index contributed by atoms with van der Waals surface area (Å²) in [6.07, 6.45) is -6.53. The molecule has 1 aromatic carbocycles. The monoisotopic (exact) mass is 479 g/mol. The molecule has 0 aliphatic carbocycles. The molecule has 0 saturated carbocycles. The third-order valence-electron chi connectivity index (χ3n) is 4.30. The fourth-order valence-electron chi connectivity index (χ4n) is 2.49. The highest BCUT2D eigenvalue weighted by Crippen LogP contribution is 2.54. The van der Waals surface area contributed by atoms with E-state index in [1.165, 1.54) is 4.90 Å². The number of halogens is 7. The first-order chi connectivity index (χ1) is 14.2. The number of nitro benzene ring substituents is 1. The maximum atomic E-state index is 13.5. The van der Waals surface area contributed by atoms with E-state index in [4.69, 9.17) is 4.74 Å². The highest BCUT2D eigenvalue weighted by atomic mass is 32.2. The largest absolute Gasteiger partial charge is 0.477 e. The summed E-state index contributed by atoms with van der Waals surface area (Å²) in [6.45, 7) is 1.40. The van der Waals surface area contributed by atoms with Crippen molar-refractivity contribution in [2.75, 3.05) is 39.8 Å². The van der Waals surface area contributed by atoms with Gasteiger partial charge in [-0.2, -0.15) is 30.7 Å². The van der Waals surface area contributed by atoms with Crippen LogP contribution in [0, 0.1) is 10.1 Å². The Hall–Kier alpha value is -2.29. The van der Waals surface area contributed by atoms with Crippen LogP contribution >= 0.6 is 11.8 Å². The van der Waals surface area contributed by atoms with Crippen LogP contribution in [0.3, 0.4) is 0 Å². The molecule has 1 heterocycles. The molecule has 1 aliphatic heterocycles. The van der Waals surface area contributed by atoms with Crippen molar-refractivity contribution in [1.29, 1.82) is 0 Å². The van der Waals surface area contributed by atoms with E-state index in [1.54, 1.807) is 0 Å². The third kappa shape index (κ3) is 5.70. The Bertz CT molecular complexity index is 830. The molecule has 31 heavy (non-hydrogen) atoms. The quantitative estimate of drug-likeness (QED) is 0.257. The van der Waals surface area contributed by atoms with Crippen LogP contribution in [0.2, 0.25) is 0 Å². The molecule has 1 aliphatic rings. The molecular formula is C16H16F7N3O4S. The topological polar surface area (TPSA) is 75.9 Å². The zero-order valence-electron chi connectivity index (χ0n) is 15.8. The van der Waals surface area contributed by atoms with Crippen molar-refractivity contribution in [3.05, 3.63) is 28.3 Å². The van der Waals surface area contributed by atoms with Gasteiger partial charge in [0.25, 0.3) is 5.91 Å². The average molecular weight is 479 g/mol. The van der Waals surface area contributed by atoms with Crippen LogP contribution in [0.1, 0.15) is 0 Å². The van der Waals surface area contributed by atoms with Crippen molar-refractivity contribution in [3.63, 3.8) is 0 Å². The van der Waals surface area contributed by atoms with Crippen LogP contribution in [0.4, 0.5) is 36.4 Å². The van der Waals surface area contributed by atoms with E-state index in [2.05, 4.69) is 0 Å². The van der Waals surface area contributed by atoms with Gasteiger partial charge in [0.05, 0.1) is 4.92 Å². The van der Waals surface area contributed by atoms with Crippen LogP contribution < -0.4 is 4.74 Å². The van der Waals surface area contributed by atoms with Crippen LogP contribution in [-0.2, 0) is 4.79 Å². The molecule has 0 aromatic heterocycles. The second-order valence-electron chi connectivity index (χ2n) is 6.55. The van der Waals surface area contributed by atoms with Gasteiger partial charge in [-0.3, -0.25) is 14.9 Å². The Labute approximate surface area is 175 Å². The van der Waals surface area contributed by atoms with E-state index in [0.717, 1.165) is 6.07 Å². The molecule has 0 spiro atoms. The van der Waals surface area contributed by atoms with Gasteiger partial charge in [0, 0.05) is 37.1 Å². The third-order valence-corrected chi connectivity index (χ3v) is 5.30. The Morgan fingerprint density at radius 2 is 1.71 bits per heavy atom. The average Bonchev–Trinajstić information content (AvgIpc) is 2.65. The van der Waals surface area contributed by atoms with Crippen molar-refractivity contribution in [2.24, 2.45) is 0 Å². The number of carbonyl (C=O) groups is 1. The van der Waals surface area contributed by atoms with Gasteiger partial charge >= 0.3 is 23.0 Å². The van der Waals surface area contributed by atoms with Gasteiger partial charge in [-0.15, -0.1) is 0 Å². The molecule has 0 atom stereocenters. The van der Waals surface area contributed by atoms with Crippen molar-refractivity contribution in [1.82, 2.24) is 9.80 Å². The number of ether oxygens (including phenoxy) is 1. The predicted octanol–water partition coefficient (Wildman–Crippen LogP) is 3.63. The van der Waals surface area contributed by atoms with E-state index in [0.29, 0.717) is 38.3 Å². The molecule has 0 bridgehead atoms. The number of amides is 1. The highest BCUT2D eigenvalue weighted by Gasteiger charge is 2.73. The number of carbonyl (C=O) groups excluding carboxylic acids is 1. The smallest absolute Gasteiger partial charge is 0.460 e. The number of hydrogen-bond donors (Lipinski definition) is 0. The van der Waals surface area contributed by atoms with E-state index in [-0.39, 0.29) is 0 Å². The van der Waals surface area contributed by atoms with Gasteiger partial charge in [-0.25, -0.2) is 0 Å². The normalized spacial score (nSPS) is 16.3. The fraction of sp³-hybridized carbons (Fsp3) is 0.562. The lowest BCUT2D eigenvalue weighted by Gasteiger charge is -2.32. The van der Waals surface area contributed by atoms with Gasteiger partial charge in [0.15, 0.2) is 12.4 Å². The molecule has 0 N–H and O–H groups in total. The first-order valence-corrected chi connectivity index (χ1v) is 9.36. The zero-order chi connectivity index (χ0) is 23.6. The van der Waals surface area contributed by atoms with Gasteiger partial charge in [-0.05, 0) is 30.9 Å². The SMILES string of the molecule is CN1CCN(C(=O)COc2ccc(SC(F)(F)C(F)(F)C(F)(F)F)cc2[N+](=O)[O-])CC1. The van der Waals surface area contributed by atoms with Crippen LogP contribution in [0.5, 0.6) is 5.75 Å². The lowest BCUT2D eigenvalue weighted by molar-refractivity contribution is -0.386. The first-order valence-electron chi connectivity index (χ1n) is 8.54. The van der Waals surface area contributed by atoms with Crippen molar-refractivity contribution < 1.29 is 45.2 Å². The Morgan fingerprint density at radius 1 is 1.13 bits per heavy atom. The number of benzene rings is 1. The second-order valence-corrected chi connectivity index (χ2v) is 7.74. The van der Waals surface area contributed by atoms with Gasteiger partial charge in [-0.1, -0.05) is 0 Å². The molecule has 2 rings (SSSR count). The van der Waals surface area contributed by atoms with Crippen LogP contribution in [0.25, 0.3) is 0 Å². The van der Waals surface area contributed by atoms with Crippen LogP contribution in [0.15, 0.2) is 23.1 Å². The molecule has 1 fully saturated rings. The lowest BCUT2D eigenvalue weighted by Crippen LogP contribution is -2.49. The minimum Gasteiger partial charge on any atom is -0.477 e. The molecule has 0 radical (unpaired) electrons. The second kappa shape index (κ2) is 9.06. The minimum absolute atomic E-state index is 0.376. The molecule has 1 amide bonds. The van der Waals surface area contributed by atoms with Gasteiger partial charge in [0.2, 0.25) is 0 Å². The van der Waals surface area contributed by atoms with Crippen molar-refractivity contribution >= 4 is 23.4 Å².